The molecular formula is C18H24N4O. The van der Waals surface area contributed by atoms with Gasteiger partial charge in [0.05, 0.1) is 0 Å². The number of H-pyrrole nitrogens is 1. The molecule has 5 nitrogen and oxygen atoms in total. The van der Waals surface area contributed by atoms with E-state index in [-0.39, 0.29) is 11.8 Å². The van der Waals surface area contributed by atoms with Crippen molar-refractivity contribution in [3.63, 3.8) is 0 Å². The first-order valence-electron chi connectivity index (χ1n) is 8.49. The number of piperidine rings is 1. The molecule has 2 aromatic rings. The Bertz CT molecular complexity index is 637. The number of carbonyl (C=O) groups is 1. The maximum Gasteiger partial charge on any atom is 0.222 e. The molecule has 1 aromatic carbocycles. The monoisotopic (exact) mass is 312 g/mol. The Kier molecular flexibility index (Phi) is 5.05. The fourth-order valence-corrected chi connectivity index (χ4v) is 3.12. The Hall–Kier alpha value is -2.17. The van der Waals surface area contributed by atoms with Crippen molar-refractivity contribution in [1.29, 1.82) is 0 Å². The van der Waals surface area contributed by atoms with E-state index in [9.17, 15) is 4.79 Å². The minimum absolute atomic E-state index is 0.265. The lowest BCUT2D eigenvalue weighted by Gasteiger charge is -2.31. The van der Waals surface area contributed by atoms with Gasteiger partial charge in [-0.25, -0.2) is 4.98 Å². The average Bonchev–Trinajstić information content (AvgIpc) is 3.05. The van der Waals surface area contributed by atoms with Crippen LogP contribution in [0.2, 0.25) is 0 Å². The smallest absolute Gasteiger partial charge is 0.222 e. The number of aryl methyl sites for hydroxylation is 2. The van der Waals surface area contributed by atoms with Gasteiger partial charge in [0.1, 0.15) is 5.82 Å². The van der Waals surface area contributed by atoms with Crippen LogP contribution < -0.4 is 0 Å². The second-order valence-electron chi connectivity index (χ2n) is 6.20. The number of aromatic amines is 1. The lowest BCUT2D eigenvalue weighted by Crippen LogP contribution is -2.39. The van der Waals surface area contributed by atoms with Crippen molar-refractivity contribution in [3.8, 4) is 0 Å². The SMILES string of the molecule is CCCN1C[C@@H](c2n[nH]c(CCc3ccccc3)n2)CCC1=O. The van der Waals surface area contributed by atoms with Crippen LogP contribution in [-0.2, 0) is 17.6 Å². The highest BCUT2D eigenvalue weighted by Gasteiger charge is 2.28. The number of likely N-dealkylation sites (tertiary alicyclic amines) is 1. The first kappa shape index (κ1) is 15.7. The van der Waals surface area contributed by atoms with E-state index in [1.807, 2.05) is 11.0 Å². The summed E-state index contributed by atoms with van der Waals surface area (Å²) in [4.78, 5) is 18.5. The van der Waals surface area contributed by atoms with Crippen LogP contribution in [0.3, 0.4) is 0 Å². The fourth-order valence-electron chi connectivity index (χ4n) is 3.12. The van der Waals surface area contributed by atoms with E-state index < -0.39 is 0 Å². The molecule has 1 atom stereocenters. The molecule has 1 aromatic heterocycles. The van der Waals surface area contributed by atoms with E-state index in [2.05, 4.69) is 46.4 Å². The molecule has 0 unspecified atom stereocenters. The zero-order valence-corrected chi connectivity index (χ0v) is 13.7. The van der Waals surface area contributed by atoms with E-state index in [0.717, 1.165) is 50.4 Å². The van der Waals surface area contributed by atoms with E-state index in [4.69, 9.17) is 0 Å². The van der Waals surface area contributed by atoms with E-state index in [1.165, 1.54) is 5.56 Å². The summed E-state index contributed by atoms with van der Waals surface area (Å²) in [5.74, 6) is 2.33. The highest BCUT2D eigenvalue weighted by molar-refractivity contribution is 5.77. The van der Waals surface area contributed by atoms with Crippen molar-refractivity contribution in [2.45, 2.75) is 44.9 Å². The van der Waals surface area contributed by atoms with Gasteiger partial charge in [-0.2, -0.15) is 5.10 Å². The first-order valence-corrected chi connectivity index (χ1v) is 8.49. The van der Waals surface area contributed by atoms with Gasteiger partial charge in [0.15, 0.2) is 5.82 Å². The molecule has 0 spiro atoms. The largest absolute Gasteiger partial charge is 0.342 e. The van der Waals surface area contributed by atoms with Crippen molar-refractivity contribution >= 4 is 5.91 Å². The molecule has 0 bridgehead atoms. The molecule has 1 saturated heterocycles. The number of carbonyl (C=O) groups excluding carboxylic acids is 1. The number of nitrogens with zero attached hydrogens (tertiary/aromatic N) is 3. The van der Waals surface area contributed by atoms with Gasteiger partial charge in [-0.15, -0.1) is 0 Å². The number of nitrogens with one attached hydrogen (secondary N) is 1. The molecule has 0 aliphatic carbocycles. The number of hydrogen-bond donors (Lipinski definition) is 1. The van der Waals surface area contributed by atoms with Gasteiger partial charge in [0.25, 0.3) is 0 Å². The zero-order chi connectivity index (χ0) is 16.1. The quantitative estimate of drug-likeness (QED) is 0.892. The number of aromatic nitrogens is 3. The third-order valence-electron chi connectivity index (χ3n) is 4.40. The van der Waals surface area contributed by atoms with Gasteiger partial charge < -0.3 is 4.90 Å². The van der Waals surface area contributed by atoms with Gasteiger partial charge in [0.2, 0.25) is 5.91 Å². The summed E-state index contributed by atoms with van der Waals surface area (Å²) in [6, 6.07) is 10.4. The third kappa shape index (κ3) is 3.97. The summed E-state index contributed by atoms with van der Waals surface area (Å²) < 4.78 is 0. The van der Waals surface area contributed by atoms with E-state index in [0.29, 0.717) is 6.42 Å². The summed E-state index contributed by atoms with van der Waals surface area (Å²) in [6.45, 7) is 3.69. The summed E-state index contributed by atoms with van der Waals surface area (Å²) in [5.41, 5.74) is 1.31. The number of benzene rings is 1. The second-order valence-corrected chi connectivity index (χ2v) is 6.20. The highest BCUT2D eigenvalue weighted by Crippen LogP contribution is 2.25. The Morgan fingerprint density at radius 1 is 1.26 bits per heavy atom. The van der Waals surface area contributed by atoms with Crippen LogP contribution in [0.1, 0.15) is 49.3 Å². The second kappa shape index (κ2) is 7.40. The predicted octanol–water partition coefficient (Wildman–Crippen LogP) is 2.71. The van der Waals surface area contributed by atoms with Crippen molar-refractivity contribution in [2.24, 2.45) is 0 Å². The zero-order valence-electron chi connectivity index (χ0n) is 13.7. The van der Waals surface area contributed by atoms with Crippen LogP contribution in [0.5, 0.6) is 0 Å². The van der Waals surface area contributed by atoms with Crippen LogP contribution >= 0.6 is 0 Å². The standard InChI is InChI=1S/C18H24N4O/c1-2-12-22-13-15(9-11-17(22)23)18-19-16(20-21-18)10-8-14-6-4-3-5-7-14/h3-7,15H,2,8-13H2,1H3,(H,19,20,21)/t15-/m0/s1. The van der Waals surface area contributed by atoms with Gasteiger partial charge >= 0.3 is 0 Å². The summed E-state index contributed by atoms with van der Waals surface area (Å²) in [6.07, 6.45) is 4.28. The molecule has 3 rings (SSSR count). The van der Waals surface area contributed by atoms with Crippen LogP contribution in [0.4, 0.5) is 0 Å². The minimum Gasteiger partial charge on any atom is -0.342 e. The van der Waals surface area contributed by atoms with Crippen LogP contribution in [0, 0.1) is 0 Å². The third-order valence-corrected chi connectivity index (χ3v) is 4.40. The lowest BCUT2D eigenvalue weighted by atomic mass is 9.96. The molecule has 1 aliphatic rings. The topological polar surface area (TPSA) is 61.9 Å². The number of amides is 1. The van der Waals surface area contributed by atoms with Gasteiger partial charge in [-0.1, -0.05) is 37.3 Å². The van der Waals surface area contributed by atoms with Crippen molar-refractivity contribution in [2.75, 3.05) is 13.1 Å². The maximum absolute atomic E-state index is 11.9. The Balaban J connectivity index is 1.59. The fraction of sp³-hybridized carbons (Fsp3) is 0.500. The van der Waals surface area contributed by atoms with Crippen molar-refractivity contribution < 1.29 is 4.79 Å². The van der Waals surface area contributed by atoms with Crippen LogP contribution in [0.25, 0.3) is 0 Å². The Labute approximate surface area is 137 Å². The van der Waals surface area contributed by atoms with Crippen molar-refractivity contribution in [3.05, 3.63) is 47.5 Å². The number of hydrogen-bond acceptors (Lipinski definition) is 3. The maximum atomic E-state index is 11.9. The van der Waals surface area contributed by atoms with Crippen LogP contribution in [-0.4, -0.2) is 39.1 Å². The van der Waals surface area contributed by atoms with Crippen molar-refractivity contribution in [1.82, 2.24) is 20.1 Å². The molecule has 5 heteroatoms. The molecule has 0 saturated carbocycles. The Morgan fingerprint density at radius 2 is 2.09 bits per heavy atom. The van der Waals surface area contributed by atoms with E-state index in [1.54, 1.807) is 0 Å². The average molecular weight is 312 g/mol. The first-order chi connectivity index (χ1) is 11.3. The molecule has 122 valence electrons. The molecule has 2 heterocycles. The highest BCUT2D eigenvalue weighted by atomic mass is 16.2. The molecule has 1 N–H and O–H groups in total. The minimum atomic E-state index is 0.265. The lowest BCUT2D eigenvalue weighted by molar-refractivity contribution is -0.133. The summed E-state index contributed by atoms with van der Waals surface area (Å²) in [7, 11) is 0. The van der Waals surface area contributed by atoms with E-state index >= 15 is 0 Å². The molecule has 1 aliphatic heterocycles. The van der Waals surface area contributed by atoms with Gasteiger partial charge in [-0.05, 0) is 24.8 Å². The molecule has 0 radical (unpaired) electrons. The normalized spacial score (nSPS) is 18.4. The van der Waals surface area contributed by atoms with Crippen LogP contribution in [0.15, 0.2) is 30.3 Å². The van der Waals surface area contributed by atoms with Gasteiger partial charge in [-0.3, -0.25) is 9.89 Å². The number of rotatable bonds is 6. The molecule has 1 amide bonds. The molecule has 23 heavy (non-hydrogen) atoms. The summed E-state index contributed by atoms with van der Waals surface area (Å²) >= 11 is 0. The molecule has 1 fully saturated rings. The van der Waals surface area contributed by atoms with Gasteiger partial charge in [0, 0.05) is 31.8 Å². The summed E-state index contributed by atoms with van der Waals surface area (Å²) in [5, 5.41) is 7.46. The Morgan fingerprint density at radius 3 is 2.87 bits per heavy atom. The predicted molar refractivity (Wildman–Crippen MR) is 89.1 cm³/mol. The molecular weight excluding hydrogens is 288 g/mol.